The summed E-state index contributed by atoms with van der Waals surface area (Å²) in [5, 5.41) is 0. The van der Waals surface area contributed by atoms with Crippen LogP contribution in [0, 0.1) is 0 Å². The van der Waals surface area contributed by atoms with Gasteiger partial charge in [-0.1, -0.05) is 214 Å². The van der Waals surface area contributed by atoms with Gasteiger partial charge in [0.25, 0.3) is 0 Å². The quantitative estimate of drug-likeness (QED) is 0.159. The van der Waals surface area contributed by atoms with E-state index in [2.05, 4.69) is 196 Å². The van der Waals surface area contributed by atoms with E-state index in [1.54, 1.807) is 0 Å². The predicted octanol–water partition coefficient (Wildman–Crippen LogP) is 15.6. The van der Waals surface area contributed by atoms with E-state index in [9.17, 15) is 0 Å². The first-order valence-electron chi connectivity index (χ1n) is 24.5. The lowest BCUT2D eigenvalue weighted by Crippen LogP contribution is -2.27. The standard InChI is InChI=1S/C66H45N5/c1-66(2)56-29-17-16-25-47(56)53-36-43(32-35-57(53)66)46-24-12-13-26-48(46)59-39-58(67-62(68-59)40-18-6-3-7-19-40)44-30-33-51-54(37-44)60-49-27-14-15-28-50(49)61(51)55-38-45(31-34-52(55)60)65-70-63(41-20-8-4-9-21-41)69-64(71-65)42-22-10-5-11-23-42/h3-39,60-61H,1-2H3. The number of hydrogen-bond donors (Lipinski definition) is 0. The molecule has 15 rings (SSSR count). The third-order valence-corrected chi connectivity index (χ3v) is 15.1. The Morgan fingerprint density at radius 1 is 0.268 bits per heavy atom. The smallest absolute Gasteiger partial charge is 0.164 e. The van der Waals surface area contributed by atoms with Crippen molar-refractivity contribution >= 4 is 0 Å². The lowest BCUT2D eigenvalue weighted by molar-refractivity contribution is 0.660. The van der Waals surface area contributed by atoms with E-state index in [-0.39, 0.29) is 17.3 Å². The number of aromatic nitrogens is 5. The van der Waals surface area contributed by atoms with Crippen molar-refractivity contribution in [1.82, 2.24) is 24.9 Å². The fourth-order valence-electron chi connectivity index (χ4n) is 11.7. The van der Waals surface area contributed by atoms with Crippen LogP contribution in [0.5, 0.6) is 0 Å². The molecule has 0 aliphatic heterocycles. The highest BCUT2D eigenvalue weighted by Gasteiger charge is 2.42. The largest absolute Gasteiger partial charge is 0.228 e. The molecule has 0 saturated carbocycles. The zero-order valence-electron chi connectivity index (χ0n) is 39.3. The summed E-state index contributed by atoms with van der Waals surface area (Å²) in [6, 6.07) is 80.3. The third kappa shape index (κ3) is 6.65. The van der Waals surface area contributed by atoms with Gasteiger partial charge in [-0.25, -0.2) is 24.9 Å². The summed E-state index contributed by atoms with van der Waals surface area (Å²) >= 11 is 0. The molecule has 2 aromatic heterocycles. The van der Waals surface area contributed by atoms with Crippen molar-refractivity contribution < 1.29 is 0 Å². The van der Waals surface area contributed by atoms with Gasteiger partial charge in [0.1, 0.15) is 0 Å². The topological polar surface area (TPSA) is 64.5 Å². The molecule has 5 nitrogen and oxygen atoms in total. The molecule has 334 valence electrons. The van der Waals surface area contributed by atoms with Crippen LogP contribution in [-0.4, -0.2) is 24.9 Å². The average Bonchev–Trinajstić information content (AvgIpc) is 3.67. The van der Waals surface area contributed by atoms with E-state index in [1.165, 1.54) is 61.2 Å². The Bertz CT molecular complexity index is 3860. The molecule has 2 bridgehead atoms. The Balaban J connectivity index is 0.888. The Morgan fingerprint density at radius 2 is 0.690 bits per heavy atom. The summed E-state index contributed by atoms with van der Waals surface area (Å²) in [5.74, 6) is 2.75. The first-order valence-corrected chi connectivity index (χ1v) is 24.5. The second-order valence-corrected chi connectivity index (χ2v) is 19.5. The van der Waals surface area contributed by atoms with Crippen molar-refractivity contribution in [3.63, 3.8) is 0 Å². The van der Waals surface area contributed by atoms with Gasteiger partial charge in [0, 0.05) is 50.6 Å². The van der Waals surface area contributed by atoms with Crippen LogP contribution in [0.3, 0.4) is 0 Å². The highest BCUT2D eigenvalue weighted by Crippen LogP contribution is 2.57. The maximum Gasteiger partial charge on any atom is 0.164 e. The van der Waals surface area contributed by atoms with Crippen molar-refractivity contribution in [3.05, 3.63) is 269 Å². The monoisotopic (exact) mass is 907 g/mol. The fraction of sp³-hybridized carbons (Fsp3) is 0.0758. The van der Waals surface area contributed by atoms with E-state index in [0.29, 0.717) is 23.3 Å². The second-order valence-electron chi connectivity index (χ2n) is 19.5. The second kappa shape index (κ2) is 16.1. The molecule has 11 aromatic rings. The van der Waals surface area contributed by atoms with Crippen LogP contribution < -0.4 is 0 Å². The third-order valence-electron chi connectivity index (χ3n) is 15.1. The molecule has 0 saturated heterocycles. The normalized spacial score (nSPS) is 15.3. The predicted molar refractivity (Wildman–Crippen MR) is 286 cm³/mol. The molecular formula is C66H45N5. The van der Waals surface area contributed by atoms with Crippen LogP contribution in [0.25, 0.3) is 90.3 Å². The van der Waals surface area contributed by atoms with Crippen LogP contribution in [0.2, 0.25) is 0 Å². The minimum Gasteiger partial charge on any atom is -0.228 e. The fourth-order valence-corrected chi connectivity index (χ4v) is 11.7. The summed E-state index contributed by atoms with van der Waals surface area (Å²) < 4.78 is 0. The lowest BCUT2D eigenvalue weighted by Gasteiger charge is -2.42. The number of hydrogen-bond acceptors (Lipinski definition) is 5. The maximum absolute atomic E-state index is 5.36. The van der Waals surface area contributed by atoms with E-state index < -0.39 is 0 Å². The molecule has 4 aliphatic rings. The Labute approximate surface area is 413 Å². The van der Waals surface area contributed by atoms with Crippen molar-refractivity contribution in [3.8, 4) is 90.3 Å². The minimum absolute atomic E-state index is 0.0387. The maximum atomic E-state index is 5.36. The number of benzene rings is 9. The van der Waals surface area contributed by atoms with Crippen molar-refractivity contribution in [1.29, 1.82) is 0 Å². The summed E-state index contributed by atoms with van der Waals surface area (Å²) in [4.78, 5) is 25.9. The van der Waals surface area contributed by atoms with E-state index >= 15 is 0 Å². The Hall–Kier alpha value is -8.93. The van der Waals surface area contributed by atoms with Crippen LogP contribution in [0.1, 0.15) is 70.2 Å². The van der Waals surface area contributed by atoms with Crippen LogP contribution in [0.15, 0.2) is 224 Å². The molecule has 4 aliphatic carbocycles. The van der Waals surface area contributed by atoms with Gasteiger partial charge in [0.15, 0.2) is 23.3 Å². The number of rotatable bonds is 7. The van der Waals surface area contributed by atoms with Gasteiger partial charge in [-0.15, -0.1) is 0 Å². The lowest BCUT2D eigenvalue weighted by atomic mass is 9.60. The molecule has 0 spiro atoms. The van der Waals surface area contributed by atoms with Crippen LogP contribution >= 0.6 is 0 Å². The van der Waals surface area contributed by atoms with Gasteiger partial charge in [-0.05, 0) is 91.0 Å². The van der Waals surface area contributed by atoms with Gasteiger partial charge in [0.2, 0.25) is 0 Å². The van der Waals surface area contributed by atoms with E-state index in [0.717, 1.165) is 50.3 Å². The van der Waals surface area contributed by atoms with Gasteiger partial charge in [0.05, 0.1) is 11.4 Å². The zero-order valence-corrected chi connectivity index (χ0v) is 39.3. The number of fused-ring (bicyclic) bond motifs is 3. The summed E-state index contributed by atoms with van der Waals surface area (Å²) in [6.07, 6.45) is 0. The highest BCUT2D eigenvalue weighted by molar-refractivity contribution is 5.89. The molecule has 71 heavy (non-hydrogen) atoms. The number of nitrogens with zero attached hydrogens (tertiary/aromatic N) is 5. The minimum atomic E-state index is -0.0625. The summed E-state index contributed by atoms with van der Waals surface area (Å²) in [5.41, 5.74) is 23.3. The molecule has 0 N–H and O–H groups in total. The molecular weight excluding hydrogens is 863 g/mol. The highest BCUT2D eigenvalue weighted by atomic mass is 15.0. The Kier molecular flexibility index (Phi) is 9.30. The first kappa shape index (κ1) is 41.1. The van der Waals surface area contributed by atoms with Gasteiger partial charge in [-0.2, -0.15) is 0 Å². The SMILES string of the molecule is CC1(C)c2ccccc2-c2cc(-c3ccccc3-c3cc(-c4ccc5c(c4)C4c6ccccc6C5c5cc(-c6nc(-c7ccccc7)nc(-c7ccccc7)n6)ccc54)nc(-c4ccccc4)n3)ccc21. The van der Waals surface area contributed by atoms with Gasteiger partial charge >= 0.3 is 0 Å². The summed E-state index contributed by atoms with van der Waals surface area (Å²) in [7, 11) is 0. The average molecular weight is 908 g/mol. The molecule has 0 amide bonds. The van der Waals surface area contributed by atoms with Crippen LogP contribution in [0.4, 0.5) is 0 Å². The van der Waals surface area contributed by atoms with Crippen LogP contribution in [-0.2, 0) is 5.41 Å². The molecule has 9 aromatic carbocycles. The molecule has 0 fully saturated rings. The zero-order chi connectivity index (χ0) is 47.2. The van der Waals surface area contributed by atoms with Crippen molar-refractivity contribution in [2.75, 3.05) is 0 Å². The van der Waals surface area contributed by atoms with Gasteiger partial charge < -0.3 is 0 Å². The van der Waals surface area contributed by atoms with Crippen molar-refractivity contribution in [2.45, 2.75) is 31.1 Å². The molecule has 2 heterocycles. The molecule has 0 radical (unpaired) electrons. The first-order chi connectivity index (χ1) is 34.9. The Morgan fingerprint density at radius 3 is 1.30 bits per heavy atom. The van der Waals surface area contributed by atoms with E-state index in [4.69, 9.17) is 24.9 Å². The molecule has 5 heteroatoms. The van der Waals surface area contributed by atoms with Crippen molar-refractivity contribution in [2.24, 2.45) is 0 Å². The summed E-state index contributed by atoms with van der Waals surface area (Å²) in [6.45, 7) is 4.67. The molecule has 2 unspecified atom stereocenters. The molecule has 2 atom stereocenters. The van der Waals surface area contributed by atoms with Gasteiger partial charge in [-0.3, -0.25) is 0 Å². The van der Waals surface area contributed by atoms with E-state index in [1.807, 2.05) is 42.5 Å².